The van der Waals surface area contributed by atoms with Gasteiger partial charge in [-0.15, -0.1) is 11.3 Å². The molecule has 26 heavy (non-hydrogen) atoms. The van der Waals surface area contributed by atoms with Gasteiger partial charge in [0.15, 0.2) is 0 Å². The van der Waals surface area contributed by atoms with E-state index in [0.29, 0.717) is 5.46 Å². The highest BCUT2D eigenvalue weighted by molar-refractivity contribution is 7.26. The predicted octanol–water partition coefficient (Wildman–Crippen LogP) is 4.55. The monoisotopic (exact) mass is 354 g/mol. The Kier molecular flexibility index (Phi) is 3.57. The van der Waals surface area contributed by atoms with E-state index in [1.807, 2.05) is 18.2 Å². The summed E-state index contributed by atoms with van der Waals surface area (Å²) in [5.41, 5.74) is 2.95. The molecule has 2 N–H and O–H groups in total. The molecule has 0 spiro atoms. The summed E-state index contributed by atoms with van der Waals surface area (Å²) in [6.45, 7) is 0. The summed E-state index contributed by atoms with van der Waals surface area (Å²) in [6.07, 6.45) is 0. The van der Waals surface area contributed by atoms with Crippen LogP contribution in [0.5, 0.6) is 0 Å². The zero-order chi connectivity index (χ0) is 17.7. The third kappa shape index (κ3) is 2.43. The molecule has 0 unspecified atom stereocenters. The highest BCUT2D eigenvalue weighted by Gasteiger charge is 2.14. The predicted molar refractivity (Wildman–Crippen MR) is 112 cm³/mol. The summed E-state index contributed by atoms with van der Waals surface area (Å²) in [6, 6.07) is 27.0. The van der Waals surface area contributed by atoms with Gasteiger partial charge in [-0.25, -0.2) is 0 Å². The van der Waals surface area contributed by atoms with Crippen molar-refractivity contribution in [3.05, 3.63) is 78.9 Å². The number of rotatable bonds is 2. The maximum Gasteiger partial charge on any atom is 0.488 e. The van der Waals surface area contributed by atoms with E-state index < -0.39 is 7.12 Å². The molecule has 124 valence electrons. The van der Waals surface area contributed by atoms with E-state index in [9.17, 15) is 10.0 Å². The van der Waals surface area contributed by atoms with Gasteiger partial charge in [-0.1, -0.05) is 60.7 Å². The molecule has 2 nitrogen and oxygen atoms in total. The average Bonchev–Trinajstić information content (AvgIpc) is 3.06. The highest BCUT2D eigenvalue weighted by Crippen LogP contribution is 2.39. The Bertz CT molecular complexity index is 1260. The van der Waals surface area contributed by atoms with E-state index in [-0.39, 0.29) is 0 Å². The van der Waals surface area contributed by atoms with Crippen LogP contribution in [0.4, 0.5) is 0 Å². The summed E-state index contributed by atoms with van der Waals surface area (Å²) >= 11 is 1.69. The Morgan fingerprint density at radius 2 is 1.46 bits per heavy atom. The van der Waals surface area contributed by atoms with Gasteiger partial charge in [0.25, 0.3) is 0 Å². The van der Waals surface area contributed by atoms with Gasteiger partial charge in [0.2, 0.25) is 0 Å². The van der Waals surface area contributed by atoms with Crippen molar-refractivity contribution in [3.8, 4) is 11.1 Å². The van der Waals surface area contributed by atoms with Gasteiger partial charge in [0.1, 0.15) is 0 Å². The van der Waals surface area contributed by atoms with Crippen LogP contribution in [0.15, 0.2) is 78.9 Å². The molecule has 0 aliphatic carbocycles. The zero-order valence-electron chi connectivity index (χ0n) is 13.9. The normalized spacial score (nSPS) is 11.5. The second-order valence-corrected chi connectivity index (χ2v) is 7.56. The molecule has 0 fully saturated rings. The van der Waals surface area contributed by atoms with Crippen LogP contribution in [0.3, 0.4) is 0 Å². The molecule has 0 atom stereocenters. The second-order valence-electron chi connectivity index (χ2n) is 6.47. The molecule has 0 saturated heterocycles. The molecule has 5 rings (SSSR count). The minimum absolute atomic E-state index is 0.528. The SMILES string of the molecule is OB(O)c1ccc2c(c1)sc1ccc3cc(-c4ccccc4)ccc3c12. The zero-order valence-corrected chi connectivity index (χ0v) is 14.7. The molecular formula is C22H15BO2S. The number of hydrogen-bond donors (Lipinski definition) is 2. The fraction of sp³-hybridized carbons (Fsp3) is 0. The third-order valence-electron chi connectivity index (χ3n) is 4.88. The minimum Gasteiger partial charge on any atom is -0.423 e. The van der Waals surface area contributed by atoms with Crippen molar-refractivity contribution in [1.29, 1.82) is 0 Å². The molecule has 0 radical (unpaired) electrons. The molecule has 0 aliphatic rings. The summed E-state index contributed by atoms with van der Waals surface area (Å²) < 4.78 is 2.29. The molecule has 1 aromatic heterocycles. The average molecular weight is 354 g/mol. The Morgan fingerprint density at radius 1 is 0.654 bits per heavy atom. The van der Waals surface area contributed by atoms with Gasteiger partial charge in [0.05, 0.1) is 0 Å². The van der Waals surface area contributed by atoms with Crippen LogP contribution in [0, 0.1) is 0 Å². The van der Waals surface area contributed by atoms with E-state index in [2.05, 4.69) is 54.6 Å². The smallest absolute Gasteiger partial charge is 0.423 e. The fourth-order valence-corrected chi connectivity index (χ4v) is 4.76. The van der Waals surface area contributed by atoms with Crippen LogP contribution in [0.25, 0.3) is 42.1 Å². The Morgan fingerprint density at radius 3 is 2.27 bits per heavy atom. The van der Waals surface area contributed by atoms with Crippen molar-refractivity contribution < 1.29 is 10.0 Å². The second kappa shape index (κ2) is 5.96. The lowest BCUT2D eigenvalue weighted by atomic mass is 9.80. The minimum atomic E-state index is -1.44. The van der Waals surface area contributed by atoms with Crippen LogP contribution < -0.4 is 5.46 Å². The molecule has 5 aromatic rings. The lowest BCUT2D eigenvalue weighted by Crippen LogP contribution is -2.29. The number of hydrogen-bond acceptors (Lipinski definition) is 3. The van der Waals surface area contributed by atoms with Crippen molar-refractivity contribution in [2.75, 3.05) is 0 Å². The van der Waals surface area contributed by atoms with Gasteiger partial charge in [-0.2, -0.15) is 0 Å². The molecule has 0 bridgehead atoms. The van der Waals surface area contributed by atoms with Crippen LogP contribution in [-0.4, -0.2) is 17.2 Å². The van der Waals surface area contributed by atoms with E-state index in [4.69, 9.17) is 0 Å². The Hall–Kier alpha value is -2.66. The Balaban J connectivity index is 1.77. The van der Waals surface area contributed by atoms with Crippen molar-refractivity contribution in [2.45, 2.75) is 0 Å². The first kappa shape index (κ1) is 15.6. The summed E-state index contributed by atoms with van der Waals surface area (Å²) in [7, 11) is -1.44. The van der Waals surface area contributed by atoms with E-state index >= 15 is 0 Å². The van der Waals surface area contributed by atoms with E-state index in [1.165, 1.54) is 32.0 Å². The molecule has 4 aromatic carbocycles. The summed E-state index contributed by atoms with van der Waals surface area (Å²) in [4.78, 5) is 0. The van der Waals surface area contributed by atoms with Crippen LogP contribution in [0.2, 0.25) is 0 Å². The van der Waals surface area contributed by atoms with E-state index in [0.717, 1.165) is 10.1 Å². The molecule has 4 heteroatoms. The number of benzene rings is 4. The summed E-state index contributed by atoms with van der Waals surface area (Å²) in [5.74, 6) is 0. The standard InChI is InChI=1S/C22H15BO2S/c24-23(25)17-8-10-19-21(13-17)26-20-11-7-16-12-15(6-9-18(16)22(19)20)14-4-2-1-3-5-14/h1-13,24-25H. The van der Waals surface area contributed by atoms with Gasteiger partial charge >= 0.3 is 7.12 Å². The third-order valence-corrected chi connectivity index (χ3v) is 6.00. The van der Waals surface area contributed by atoms with Crippen LogP contribution in [-0.2, 0) is 0 Å². The number of fused-ring (bicyclic) bond motifs is 5. The first-order valence-electron chi connectivity index (χ1n) is 8.51. The van der Waals surface area contributed by atoms with Crippen molar-refractivity contribution in [1.82, 2.24) is 0 Å². The van der Waals surface area contributed by atoms with Gasteiger partial charge in [0, 0.05) is 20.2 Å². The maximum absolute atomic E-state index is 9.43. The summed E-state index contributed by atoms with van der Waals surface area (Å²) in [5, 5.41) is 23.7. The molecular weight excluding hydrogens is 339 g/mol. The quantitative estimate of drug-likeness (QED) is 0.457. The van der Waals surface area contributed by atoms with Gasteiger partial charge < -0.3 is 10.0 Å². The highest BCUT2D eigenvalue weighted by atomic mass is 32.1. The van der Waals surface area contributed by atoms with E-state index in [1.54, 1.807) is 17.4 Å². The lowest BCUT2D eigenvalue weighted by molar-refractivity contribution is 0.426. The molecule has 0 amide bonds. The van der Waals surface area contributed by atoms with Gasteiger partial charge in [-0.05, 0) is 45.6 Å². The topological polar surface area (TPSA) is 40.5 Å². The fourth-order valence-electron chi connectivity index (χ4n) is 3.59. The van der Waals surface area contributed by atoms with Crippen LogP contribution >= 0.6 is 11.3 Å². The lowest BCUT2D eigenvalue weighted by Gasteiger charge is -2.06. The molecule has 0 saturated carbocycles. The van der Waals surface area contributed by atoms with Crippen LogP contribution in [0.1, 0.15) is 0 Å². The first-order chi connectivity index (χ1) is 12.7. The van der Waals surface area contributed by atoms with Crippen molar-refractivity contribution >= 4 is 54.9 Å². The molecule has 1 heterocycles. The van der Waals surface area contributed by atoms with Gasteiger partial charge in [-0.3, -0.25) is 0 Å². The largest absolute Gasteiger partial charge is 0.488 e. The molecule has 0 aliphatic heterocycles. The van der Waals surface area contributed by atoms with Crippen molar-refractivity contribution in [3.63, 3.8) is 0 Å². The first-order valence-corrected chi connectivity index (χ1v) is 9.33. The Labute approximate surface area is 155 Å². The van der Waals surface area contributed by atoms with Crippen molar-refractivity contribution in [2.24, 2.45) is 0 Å². The maximum atomic E-state index is 9.43. The number of thiophene rings is 1.